The SMILES string of the molecule is C.C.C.C=CC1CC(/C=C\C2CC(C=C)CC(Cn3c4ccccc4c4ccccc43)C2)CC(CCC(Br)c2ccccc2)C1. The van der Waals surface area contributed by atoms with Crippen LogP contribution in [0.25, 0.3) is 21.8 Å². The fraction of sp³-hybridized carbons (Fsp3) is 0.442. The highest BCUT2D eigenvalue weighted by Gasteiger charge is 2.29. The first-order valence-corrected chi connectivity index (χ1v) is 17.1. The largest absolute Gasteiger partial charge is 0.340 e. The van der Waals surface area contributed by atoms with Gasteiger partial charge in [0.15, 0.2) is 0 Å². The van der Waals surface area contributed by atoms with Crippen LogP contribution in [0.2, 0.25) is 0 Å². The minimum Gasteiger partial charge on any atom is -0.340 e. The normalized spacial score (nSPS) is 25.5. The number of fused-ring (bicyclic) bond motifs is 3. The fourth-order valence-corrected chi connectivity index (χ4v) is 8.70. The van der Waals surface area contributed by atoms with Gasteiger partial charge in [-0.15, -0.1) is 13.2 Å². The Hall–Kier alpha value is -2.84. The predicted molar refractivity (Wildman–Crippen MR) is 205 cm³/mol. The summed E-state index contributed by atoms with van der Waals surface area (Å²) >= 11 is 3.96. The maximum Gasteiger partial charge on any atom is 0.0491 e. The minimum absolute atomic E-state index is 0. The molecule has 242 valence electrons. The third kappa shape index (κ3) is 8.70. The second-order valence-corrected chi connectivity index (χ2v) is 14.2. The lowest BCUT2D eigenvalue weighted by Crippen LogP contribution is -2.25. The van der Waals surface area contributed by atoms with E-state index in [1.54, 1.807) is 0 Å². The van der Waals surface area contributed by atoms with Crippen LogP contribution in [0.15, 0.2) is 116 Å². The van der Waals surface area contributed by atoms with Gasteiger partial charge in [-0.1, -0.05) is 129 Å². The molecule has 0 radical (unpaired) electrons. The van der Waals surface area contributed by atoms with Gasteiger partial charge in [-0.05, 0) is 105 Å². The number of rotatable bonds is 10. The topological polar surface area (TPSA) is 4.93 Å². The molecular formula is C43H58BrN. The molecule has 1 heterocycles. The van der Waals surface area contributed by atoms with Crippen molar-refractivity contribution < 1.29 is 0 Å². The number of para-hydroxylation sites is 2. The maximum atomic E-state index is 4.24. The quantitative estimate of drug-likeness (QED) is 0.117. The molecule has 2 heteroatoms. The maximum absolute atomic E-state index is 4.24. The molecule has 0 saturated heterocycles. The molecule has 2 saturated carbocycles. The molecule has 3 aromatic carbocycles. The third-order valence-electron chi connectivity index (χ3n) is 10.2. The van der Waals surface area contributed by atoms with Crippen molar-refractivity contribution in [2.24, 2.45) is 35.5 Å². The zero-order chi connectivity index (χ0) is 28.9. The molecule has 7 unspecified atom stereocenters. The van der Waals surface area contributed by atoms with Crippen LogP contribution < -0.4 is 0 Å². The molecule has 1 aromatic heterocycles. The van der Waals surface area contributed by atoms with E-state index in [9.17, 15) is 0 Å². The van der Waals surface area contributed by atoms with Gasteiger partial charge in [-0.25, -0.2) is 0 Å². The van der Waals surface area contributed by atoms with E-state index in [0.717, 1.165) is 12.5 Å². The van der Waals surface area contributed by atoms with Crippen LogP contribution in [-0.4, -0.2) is 4.57 Å². The van der Waals surface area contributed by atoms with Crippen molar-refractivity contribution >= 4 is 37.7 Å². The molecule has 0 amide bonds. The Labute approximate surface area is 283 Å². The molecule has 1 nitrogen and oxygen atoms in total. The summed E-state index contributed by atoms with van der Waals surface area (Å²) in [6, 6.07) is 28.7. The summed E-state index contributed by atoms with van der Waals surface area (Å²) in [6.45, 7) is 9.54. The van der Waals surface area contributed by atoms with Crippen LogP contribution in [0, 0.1) is 35.5 Å². The van der Waals surface area contributed by atoms with Crippen molar-refractivity contribution in [3.05, 3.63) is 122 Å². The van der Waals surface area contributed by atoms with Gasteiger partial charge in [-0.3, -0.25) is 0 Å². The van der Waals surface area contributed by atoms with E-state index in [1.807, 2.05) is 0 Å². The Balaban J connectivity index is 0.00000184. The molecule has 0 spiro atoms. The summed E-state index contributed by atoms with van der Waals surface area (Å²) in [6.07, 6.45) is 19.8. The van der Waals surface area contributed by atoms with Gasteiger partial charge < -0.3 is 4.57 Å². The van der Waals surface area contributed by atoms with Gasteiger partial charge in [0, 0.05) is 33.2 Å². The number of aromatic nitrogens is 1. The lowest BCUT2D eigenvalue weighted by atomic mass is 9.72. The van der Waals surface area contributed by atoms with Crippen LogP contribution in [-0.2, 0) is 6.54 Å². The van der Waals surface area contributed by atoms with E-state index in [0.29, 0.717) is 34.4 Å². The standard InChI is InChI=1S/C40H46BrN.3CH4/c1-3-29-22-31(26-33(23-29)20-21-38(41)35-12-6-5-7-13-35)18-19-32-24-30(4-2)25-34(27-32)28-42-39-16-10-8-14-36(39)37-15-9-11-17-40(37)42;;;/h3-19,29-34,38H,1-2,20-28H2;3*1H4/b19-18-;;;. The van der Waals surface area contributed by atoms with Crippen molar-refractivity contribution in [2.75, 3.05) is 0 Å². The zero-order valence-electron chi connectivity index (χ0n) is 25.0. The molecule has 2 fully saturated rings. The highest BCUT2D eigenvalue weighted by Crippen LogP contribution is 2.42. The number of hydrogen-bond donors (Lipinski definition) is 0. The summed E-state index contributed by atoms with van der Waals surface area (Å²) < 4.78 is 2.59. The summed E-state index contributed by atoms with van der Waals surface area (Å²) in [4.78, 5) is 0.446. The summed E-state index contributed by atoms with van der Waals surface area (Å²) in [5.41, 5.74) is 4.14. The van der Waals surface area contributed by atoms with E-state index in [2.05, 4.69) is 137 Å². The van der Waals surface area contributed by atoms with Crippen LogP contribution >= 0.6 is 15.9 Å². The van der Waals surface area contributed by atoms with Crippen LogP contribution in [0.5, 0.6) is 0 Å². The first kappa shape index (κ1) is 36.6. The fourth-order valence-electron chi connectivity index (χ4n) is 8.13. The van der Waals surface area contributed by atoms with Gasteiger partial charge in [0.1, 0.15) is 0 Å². The van der Waals surface area contributed by atoms with E-state index in [1.165, 1.54) is 78.7 Å². The van der Waals surface area contributed by atoms with Gasteiger partial charge in [0.25, 0.3) is 0 Å². The lowest BCUT2D eigenvalue weighted by molar-refractivity contribution is 0.229. The van der Waals surface area contributed by atoms with E-state index in [4.69, 9.17) is 0 Å². The smallest absolute Gasteiger partial charge is 0.0491 e. The Kier molecular flexibility index (Phi) is 14.0. The second-order valence-electron chi connectivity index (χ2n) is 13.1. The third-order valence-corrected chi connectivity index (χ3v) is 11.2. The van der Waals surface area contributed by atoms with Gasteiger partial charge in [-0.2, -0.15) is 0 Å². The number of nitrogens with zero attached hydrogens (tertiary/aromatic N) is 1. The number of benzene rings is 3. The van der Waals surface area contributed by atoms with Crippen LogP contribution in [0.4, 0.5) is 0 Å². The lowest BCUT2D eigenvalue weighted by Gasteiger charge is -2.35. The first-order chi connectivity index (χ1) is 20.6. The van der Waals surface area contributed by atoms with E-state index in [-0.39, 0.29) is 22.3 Å². The average molecular weight is 669 g/mol. The molecule has 0 aliphatic heterocycles. The zero-order valence-corrected chi connectivity index (χ0v) is 26.5. The van der Waals surface area contributed by atoms with Gasteiger partial charge >= 0.3 is 0 Å². The Morgan fingerprint density at radius 3 is 1.64 bits per heavy atom. The number of hydrogen-bond acceptors (Lipinski definition) is 0. The summed E-state index contributed by atoms with van der Waals surface area (Å²) in [5.74, 6) is 3.96. The highest BCUT2D eigenvalue weighted by atomic mass is 79.9. The van der Waals surface area contributed by atoms with Crippen molar-refractivity contribution in [1.29, 1.82) is 0 Å². The number of alkyl halides is 1. The molecule has 2 aliphatic rings. The first-order valence-electron chi connectivity index (χ1n) is 16.2. The Morgan fingerprint density at radius 1 is 0.622 bits per heavy atom. The second kappa shape index (κ2) is 17.2. The number of allylic oxidation sites excluding steroid dienone is 4. The van der Waals surface area contributed by atoms with Gasteiger partial charge in [0.2, 0.25) is 0 Å². The monoisotopic (exact) mass is 667 g/mol. The summed E-state index contributed by atoms with van der Waals surface area (Å²) in [5, 5.41) is 2.75. The molecule has 45 heavy (non-hydrogen) atoms. The molecular weight excluding hydrogens is 610 g/mol. The van der Waals surface area contributed by atoms with Crippen LogP contribution in [0.1, 0.15) is 84.0 Å². The molecule has 6 rings (SSSR count). The molecule has 7 atom stereocenters. The van der Waals surface area contributed by atoms with Crippen molar-refractivity contribution in [1.82, 2.24) is 4.57 Å². The van der Waals surface area contributed by atoms with Gasteiger partial charge in [0.05, 0.1) is 0 Å². The highest BCUT2D eigenvalue weighted by molar-refractivity contribution is 9.09. The van der Waals surface area contributed by atoms with Crippen molar-refractivity contribution in [2.45, 2.75) is 85.0 Å². The summed E-state index contributed by atoms with van der Waals surface area (Å²) in [7, 11) is 0. The van der Waals surface area contributed by atoms with E-state index >= 15 is 0 Å². The Morgan fingerprint density at radius 2 is 1.09 bits per heavy atom. The molecule has 2 aliphatic carbocycles. The van der Waals surface area contributed by atoms with Crippen molar-refractivity contribution in [3.8, 4) is 0 Å². The van der Waals surface area contributed by atoms with E-state index < -0.39 is 0 Å². The average Bonchev–Trinajstić information content (AvgIpc) is 3.36. The Bertz CT molecular complexity index is 1460. The molecule has 4 aromatic rings. The molecule has 0 N–H and O–H groups in total. The van der Waals surface area contributed by atoms with Crippen molar-refractivity contribution in [3.63, 3.8) is 0 Å². The molecule has 0 bridgehead atoms. The minimum atomic E-state index is 0. The predicted octanol–water partition coefficient (Wildman–Crippen LogP) is 13.6. The van der Waals surface area contributed by atoms with Crippen LogP contribution in [0.3, 0.4) is 0 Å². The number of halogens is 1.